The second-order valence-corrected chi connectivity index (χ2v) is 10.7. The minimum Gasteiger partial charge on any atom is -0.350 e. The van der Waals surface area contributed by atoms with Crippen LogP contribution in [-0.4, -0.2) is 56.6 Å². The van der Waals surface area contributed by atoms with E-state index in [1.54, 1.807) is 11.3 Å². The monoisotopic (exact) mass is 477 g/mol. The number of carbonyl (C=O) groups excluding carboxylic acids is 1. The van der Waals surface area contributed by atoms with E-state index < -0.39 is 5.92 Å². The van der Waals surface area contributed by atoms with E-state index in [1.165, 1.54) is 4.68 Å². The van der Waals surface area contributed by atoms with Crippen molar-refractivity contribution < 1.29 is 13.6 Å². The zero-order chi connectivity index (χ0) is 23.3. The van der Waals surface area contributed by atoms with Gasteiger partial charge >= 0.3 is 0 Å². The lowest BCUT2D eigenvalue weighted by Crippen LogP contribution is -2.51. The Hall–Kier alpha value is -2.33. The first-order valence-electron chi connectivity index (χ1n) is 11.6. The molecule has 1 saturated heterocycles. The zero-order valence-electron chi connectivity index (χ0n) is 18.9. The number of hydrogen-bond donors (Lipinski definition) is 1. The number of likely N-dealkylation sites (tertiary alicyclic amines) is 1. The van der Waals surface area contributed by atoms with Crippen molar-refractivity contribution in [2.24, 2.45) is 5.92 Å². The molecular formula is C23H29F2N5O2S. The molecule has 10 heteroatoms. The summed E-state index contributed by atoms with van der Waals surface area (Å²) in [4.78, 5) is 29.1. The number of nitrogens with zero attached hydrogens (tertiary/aromatic N) is 4. The van der Waals surface area contributed by atoms with Crippen LogP contribution < -0.4 is 10.9 Å². The van der Waals surface area contributed by atoms with Gasteiger partial charge in [-0.05, 0) is 42.8 Å². The highest BCUT2D eigenvalue weighted by Crippen LogP contribution is 2.42. The molecule has 1 aliphatic heterocycles. The first-order valence-corrected chi connectivity index (χ1v) is 12.5. The fourth-order valence-electron chi connectivity index (χ4n) is 5.16. The zero-order valence-corrected chi connectivity index (χ0v) is 19.7. The van der Waals surface area contributed by atoms with Gasteiger partial charge in [0.25, 0.3) is 5.56 Å². The lowest BCUT2D eigenvalue weighted by molar-refractivity contribution is -0.123. The predicted molar refractivity (Wildman–Crippen MR) is 124 cm³/mol. The summed E-state index contributed by atoms with van der Waals surface area (Å²) in [7, 11) is 0. The van der Waals surface area contributed by atoms with Crippen molar-refractivity contribution in [3.8, 4) is 0 Å². The smallest absolute Gasteiger partial charge is 0.291 e. The highest BCUT2D eigenvalue weighted by molar-refractivity contribution is 7.16. The van der Waals surface area contributed by atoms with Gasteiger partial charge in [-0.1, -0.05) is 13.8 Å². The van der Waals surface area contributed by atoms with Crippen molar-refractivity contribution in [2.75, 3.05) is 19.6 Å². The maximum Gasteiger partial charge on any atom is 0.291 e. The number of amides is 1. The molecule has 1 saturated carbocycles. The van der Waals surface area contributed by atoms with E-state index in [0.717, 1.165) is 35.4 Å². The maximum atomic E-state index is 13.1. The normalized spacial score (nSPS) is 21.7. The summed E-state index contributed by atoms with van der Waals surface area (Å²) in [6, 6.07) is 3.79. The van der Waals surface area contributed by atoms with Crippen LogP contribution in [0.25, 0.3) is 15.7 Å². The number of piperidine rings is 1. The second kappa shape index (κ2) is 8.47. The standard InChI is InChI=1S/C23H29F2N5O2S/c1-14(2)20-27-29(21(32)18-8-16-5-7-33-22(16)30(18)20)13-19(31)26-17-4-3-6-28(12-17)11-15-9-23(24,25)10-15/h5,7-8,14-15,17H,3-4,6,9-13H2,1-2H3,(H,26,31)/t17-/m1/s1. The molecule has 0 aromatic carbocycles. The Morgan fingerprint density at radius 3 is 2.88 bits per heavy atom. The molecule has 5 rings (SSSR count). The highest BCUT2D eigenvalue weighted by atomic mass is 32.1. The molecule has 4 heterocycles. The first kappa shape index (κ1) is 22.5. The van der Waals surface area contributed by atoms with Crippen molar-refractivity contribution in [3.63, 3.8) is 0 Å². The number of rotatable bonds is 6. The SMILES string of the molecule is CC(C)c1nn(CC(=O)N[C@@H]2CCCN(CC3CC(F)(F)C3)C2)c(=O)c2cc3ccsc3n12. The minimum absolute atomic E-state index is 0.0345. The van der Waals surface area contributed by atoms with Crippen LogP contribution in [0.3, 0.4) is 0 Å². The van der Waals surface area contributed by atoms with Crippen LogP contribution in [-0.2, 0) is 11.3 Å². The summed E-state index contributed by atoms with van der Waals surface area (Å²) >= 11 is 1.57. The fraction of sp³-hybridized carbons (Fsp3) is 0.609. The van der Waals surface area contributed by atoms with Crippen molar-refractivity contribution in [3.05, 3.63) is 33.7 Å². The first-order chi connectivity index (χ1) is 15.7. The molecule has 0 unspecified atom stereocenters. The number of thiophene rings is 1. The van der Waals surface area contributed by atoms with Crippen molar-refractivity contribution in [2.45, 2.75) is 64.0 Å². The second-order valence-electron chi connectivity index (χ2n) is 9.82. The van der Waals surface area contributed by atoms with Crippen molar-refractivity contribution in [1.29, 1.82) is 0 Å². The quantitative estimate of drug-likeness (QED) is 0.590. The van der Waals surface area contributed by atoms with E-state index in [4.69, 9.17) is 0 Å². The van der Waals surface area contributed by atoms with Crippen LogP contribution in [0.2, 0.25) is 0 Å². The Kier molecular flexibility index (Phi) is 5.76. The van der Waals surface area contributed by atoms with Gasteiger partial charge in [-0.3, -0.25) is 14.0 Å². The van der Waals surface area contributed by atoms with Crippen molar-refractivity contribution in [1.82, 2.24) is 24.4 Å². The predicted octanol–water partition coefficient (Wildman–Crippen LogP) is 3.46. The van der Waals surface area contributed by atoms with Gasteiger partial charge in [0.1, 0.15) is 22.7 Å². The number of carbonyl (C=O) groups is 1. The molecule has 3 aromatic rings. The van der Waals surface area contributed by atoms with E-state index in [9.17, 15) is 18.4 Å². The number of fused-ring (bicyclic) bond motifs is 3. The maximum absolute atomic E-state index is 13.1. The lowest BCUT2D eigenvalue weighted by atomic mass is 9.80. The molecule has 0 bridgehead atoms. The molecule has 1 N–H and O–H groups in total. The summed E-state index contributed by atoms with van der Waals surface area (Å²) in [5.41, 5.74) is 0.249. The lowest BCUT2D eigenvalue weighted by Gasteiger charge is -2.41. The summed E-state index contributed by atoms with van der Waals surface area (Å²) in [5, 5.41) is 10.6. The third kappa shape index (κ3) is 4.42. The Morgan fingerprint density at radius 1 is 1.36 bits per heavy atom. The van der Waals surface area contributed by atoms with Crippen molar-refractivity contribution >= 4 is 33.0 Å². The van der Waals surface area contributed by atoms with E-state index in [1.807, 2.05) is 35.8 Å². The molecule has 1 aliphatic carbocycles. The summed E-state index contributed by atoms with van der Waals surface area (Å²) in [6.07, 6.45) is 1.69. The summed E-state index contributed by atoms with van der Waals surface area (Å²) in [5.74, 6) is -1.89. The molecular weight excluding hydrogens is 448 g/mol. The van der Waals surface area contributed by atoms with Gasteiger partial charge in [-0.2, -0.15) is 5.10 Å². The average Bonchev–Trinajstić information content (AvgIpc) is 3.30. The van der Waals surface area contributed by atoms with Gasteiger partial charge in [0, 0.05) is 43.3 Å². The number of nitrogens with one attached hydrogen (secondary N) is 1. The fourth-order valence-corrected chi connectivity index (χ4v) is 6.07. The number of alkyl halides is 2. The van der Waals surface area contributed by atoms with Gasteiger partial charge in [-0.25, -0.2) is 13.5 Å². The van der Waals surface area contributed by atoms with Crippen LogP contribution in [0.1, 0.15) is 51.3 Å². The van der Waals surface area contributed by atoms with Gasteiger partial charge in [0.2, 0.25) is 11.8 Å². The van der Waals surface area contributed by atoms with Crippen LogP contribution in [0.5, 0.6) is 0 Å². The number of hydrogen-bond acceptors (Lipinski definition) is 5. The number of aromatic nitrogens is 3. The van der Waals surface area contributed by atoms with E-state index in [0.29, 0.717) is 18.6 Å². The third-order valence-electron chi connectivity index (χ3n) is 6.69. The molecule has 7 nitrogen and oxygen atoms in total. The topological polar surface area (TPSA) is 71.6 Å². The molecule has 1 amide bonds. The van der Waals surface area contributed by atoms with Crippen LogP contribution >= 0.6 is 11.3 Å². The molecule has 3 aromatic heterocycles. The molecule has 33 heavy (non-hydrogen) atoms. The number of halogens is 2. The average molecular weight is 478 g/mol. The van der Waals surface area contributed by atoms with Gasteiger partial charge < -0.3 is 10.2 Å². The summed E-state index contributed by atoms with van der Waals surface area (Å²) in [6.45, 7) is 6.08. The van der Waals surface area contributed by atoms with Crippen LogP contribution in [0.4, 0.5) is 8.78 Å². The highest BCUT2D eigenvalue weighted by Gasteiger charge is 2.45. The molecule has 2 aliphatic rings. The largest absolute Gasteiger partial charge is 0.350 e. The molecule has 0 spiro atoms. The minimum atomic E-state index is -2.50. The van der Waals surface area contributed by atoms with E-state index in [-0.39, 0.29) is 48.7 Å². The molecule has 0 radical (unpaired) electrons. The molecule has 1 atom stereocenters. The van der Waals surface area contributed by atoms with Gasteiger partial charge in [-0.15, -0.1) is 11.3 Å². The van der Waals surface area contributed by atoms with E-state index >= 15 is 0 Å². The Balaban J connectivity index is 1.28. The van der Waals surface area contributed by atoms with Crippen LogP contribution in [0, 0.1) is 5.92 Å². The van der Waals surface area contributed by atoms with E-state index in [2.05, 4.69) is 15.3 Å². The summed E-state index contributed by atoms with van der Waals surface area (Å²) < 4.78 is 29.4. The molecule has 2 fully saturated rings. The Morgan fingerprint density at radius 2 is 2.15 bits per heavy atom. The van der Waals surface area contributed by atoms with Crippen LogP contribution in [0.15, 0.2) is 22.3 Å². The Labute approximate surface area is 194 Å². The third-order valence-corrected chi connectivity index (χ3v) is 7.60. The Bertz CT molecular complexity index is 1240. The van der Waals surface area contributed by atoms with Gasteiger partial charge in [0.15, 0.2) is 0 Å². The molecule has 178 valence electrons. The van der Waals surface area contributed by atoms with Gasteiger partial charge in [0.05, 0.1) is 0 Å².